The van der Waals surface area contributed by atoms with Gasteiger partial charge in [0.25, 0.3) is 0 Å². The van der Waals surface area contributed by atoms with E-state index in [2.05, 4.69) is 22.1 Å². The van der Waals surface area contributed by atoms with Crippen molar-refractivity contribution in [2.24, 2.45) is 0 Å². The lowest BCUT2D eigenvalue weighted by Crippen LogP contribution is -2.50. The Bertz CT molecular complexity index is 353. The van der Waals surface area contributed by atoms with E-state index in [0.717, 1.165) is 19.6 Å². The van der Waals surface area contributed by atoms with Crippen molar-refractivity contribution in [3.63, 3.8) is 0 Å². The number of rotatable bonds is 3. The Balaban J connectivity index is 1.92. The fraction of sp³-hybridized carbons (Fsp3) is 0.500. The lowest BCUT2D eigenvalue weighted by molar-refractivity contribution is 0.0903. The van der Waals surface area contributed by atoms with Crippen molar-refractivity contribution in [3.8, 4) is 0 Å². The van der Waals surface area contributed by atoms with Gasteiger partial charge in [0, 0.05) is 31.9 Å². The first-order chi connectivity index (χ1) is 7.75. The molecular weight excluding hydrogens is 202 g/mol. The summed E-state index contributed by atoms with van der Waals surface area (Å²) < 4.78 is 0. The average molecular weight is 219 g/mol. The minimum absolute atomic E-state index is 0.106. The molecule has 1 fully saturated rings. The third-order valence-corrected chi connectivity index (χ3v) is 2.77. The van der Waals surface area contributed by atoms with Crippen LogP contribution in [0.3, 0.4) is 0 Å². The smallest absolute Gasteiger partial charge is 0.195 e. The number of nitrogens with one attached hydrogen (secondary N) is 1. The van der Waals surface area contributed by atoms with E-state index in [1.165, 1.54) is 0 Å². The van der Waals surface area contributed by atoms with Crippen molar-refractivity contribution < 1.29 is 4.79 Å². The molecule has 0 bridgehead atoms. The molecule has 4 nitrogen and oxygen atoms in total. The lowest BCUT2D eigenvalue weighted by Gasteiger charge is -2.31. The second-order valence-corrected chi connectivity index (χ2v) is 4.23. The van der Waals surface area contributed by atoms with Gasteiger partial charge in [0.2, 0.25) is 0 Å². The lowest BCUT2D eigenvalue weighted by atomic mass is 10.2. The van der Waals surface area contributed by atoms with E-state index in [4.69, 9.17) is 0 Å². The van der Waals surface area contributed by atoms with Crippen LogP contribution in [0.15, 0.2) is 24.4 Å². The predicted octanol–water partition coefficient (Wildman–Crippen LogP) is 0.558. The van der Waals surface area contributed by atoms with Crippen LogP contribution in [0.4, 0.5) is 0 Å². The molecule has 1 N–H and O–H groups in total. The molecule has 1 aliphatic rings. The Labute approximate surface area is 95.7 Å². The standard InChI is InChI=1S/C12H17N3O/c1-10-8-15(7-6-13-10)9-12(16)11-4-2-3-5-14-11/h2-5,10,13H,6-9H2,1H3/t10-/m0/s1. The number of hydrogen-bond donors (Lipinski definition) is 1. The highest BCUT2D eigenvalue weighted by Gasteiger charge is 2.18. The van der Waals surface area contributed by atoms with E-state index >= 15 is 0 Å². The molecule has 0 aliphatic carbocycles. The summed E-state index contributed by atoms with van der Waals surface area (Å²) in [6.07, 6.45) is 1.66. The number of nitrogens with zero attached hydrogens (tertiary/aromatic N) is 2. The third-order valence-electron chi connectivity index (χ3n) is 2.77. The number of carbonyl (C=O) groups excluding carboxylic acids is 1. The summed E-state index contributed by atoms with van der Waals surface area (Å²) in [5, 5.41) is 3.36. The highest BCUT2D eigenvalue weighted by atomic mass is 16.1. The van der Waals surface area contributed by atoms with E-state index in [1.807, 2.05) is 12.1 Å². The minimum atomic E-state index is 0.106. The summed E-state index contributed by atoms with van der Waals surface area (Å²) in [4.78, 5) is 18.1. The topological polar surface area (TPSA) is 45.2 Å². The number of Topliss-reactive ketones (excluding diaryl/α,β-unsaturated/α-hetero) is 1. The van der Waals surface area contributed by atoms with Crippen molar-refractivity contribution in [2.75, 3.05) is 26.2 Å². The van der Waals surface area contributed by atoms with Gasteiger partial charge < -0.3 is 5.32 Å². The minimum Gasteiger partial charge on any atom is -0.312 e. The average Bonchev–Trinajstić information content (AvgIpc) is 2.30. The number of piperazine rings is 1. The first kappa shape index (κ1) is 11.2. The molecule has 0 aromatic carbocycles. The normalized spacial score (nSPS) is 21.9. The molecule has 1 aliphatic heterocycles. The van der Waals surface area contributed by atoms with E-state index in [0.29, 0.717) is 18.3 Å². The van der Waals surface area contributed by atoms with Gasteiger partial charge in [-0.2, -0.15) is 0 Å². The maximum atomic E-state index is 11.9. The second kappa shape index (κ2) is 5.18. The van der Waals surface area contributed by atoms with Crippen LogP contribution in [0.5, 0.6) is 0 Å². The molecule has 0 amide bonds. The van der Waals surface area contributed by atoms with E-state index in [1.54, 1.807) is 12.3 Å². The van der Waals surface area contributed by atoms with Gasteiger partial charge in [-0.25, -0.2) is 0 Å². The van der Waals surface area contributed by atoms with Gasteiger partial charge >= 0.3 is 0 Å². The summed E-state index contributed by atoms with van der Waals surface area (Å²) >= 11 is 0. The van der Waals surface area contributed by atoms with Gasteiger partial charge in [-0.1, -0.05) is 6.07 Å². The zero-order chi connectivity index (χ0) is 11.4. The molecule has 1 saturated heterocycles. The quantitative estimate of drug-likeness (QED) is 0.754. The van der Waals surface area contributed by atoms with Crippen molar-refractivity contribution in [1.29, 1.82) is 0 Å². The highest BCUT2D eigenvalue weighted by molar-refractivity contribution is 5.95. The zero-order valence-electron chi connectivity index (χ0n) is 9.52. The SMILES string of the molecule is C[C@H]1CN(CC(=O)c2ccccn2)CCN1. The monoisotopic (exact) mass is 219 g/mol. The first-order valence-electron chi connectivity index (χ1n) is 5.65. The molecule has 1 aromatic heterocycles. The first-order valence-corrected chi connectivity index (χ1v) is 5.65. The van der Waals surface area contributed by atoms with Gasteiger partial charge in [-0.3, -0.25) is 14.7 Å². The number of carbonyl (C=O) groups is 1. The van der Waals surface area contributed by atoms with Gasteiger partial charge in [-0.15, -0.1) is 0 Å². The third kappa shape index (κ3) is 2.87. The van der Waals surface area contributed by atoms with Crippen LogP contribution in [0.25, 0.3) is 0 Å². The van der Waals surface area contributed by atoms with E-state index < -0.39 is 0 Å². The molecule has 0 spiro atoms. The van der Waals surface area contributed by atoms with Crippen LogP contribution in [0.2, 0.25) is 0 Å². The Morgan fingerprint density at radius 2 is 2.50 bits per heavy atom. The summed E-state index contributed by atoms with van der Waals surface area (Å²) in [7, 11) is 0. The molecule has 1 atom stereocenters. The number of hydrogen-bond acceptors (Lipinski definition) is 4. The summed E-state index contributed by atoms with van der Waals surface area (Å²) in [6, 6.07) is 5.91. The fourth-order valence-corrected chi connectivity index (χ4v) is 1.97. The van der Waals surface area contributed by atoms with Crippen molar-refractivity contribution in [1.82, 2.24) is 15.2 Å². The molecule has 2 heterocycles. The summed E-state index contributed by atoms with van der Waals surface area (Å²) in [5.74, 6) is 0.106. The summed E-state index contributed by atoms with van der Waals surface area (Å²) in [5.41, 5.74) is 0.564. The highest BCUT2D eigenvalue weighted by Crippen LogP contribution is 2.02. The maximum Gasteiger partial charge on any atom is 0.195 e. The second-order valence-electron chi connectivity index (χ2n) is 4.23. The Hall–Kier alpha value is -1.26. The number of pyridine rings is 1. The van der Waals surface area contributed by atoms with Gasteiger partial charge in [0.1, 0.15) is 5.69 Å². The Morgan fingerprint density at radius 1 is 1.62 bits per heavy atom. The van der Waals surface area contributed by atoms with Gasteiger partial charge in [0.15, 0.2) is 5.78 Å². The molecule has 4 heteroatoms. The van der Waals surface area contributed by atoms with E-state index in [-0.39, 0.29) is 5.78 Å². The molecular formula is C12H17N3O. The maximum absolute atomic E-state index is 11.9. The molecule has 86 valence electrons. The molecule has 1 aromatic rings. The van der Waals surface area contributed by atoms with Crippen molar-refractivity contribution in [3.05, 3.63) is 30.1 Å². The van der Waals surface area contributed by atoms with Crippen LogP contribution in [-0.4, -0.2) is 47.9 Å². The van der Waals surface area contributed by atoms with Crippen LogP contribution in [0.1, 0.15) is 17.4 Å². The van der Waals surface area contributed by atoms with Gasteiger partial charge in [-0.05, 0) is 19.1 Å². The van der Waals surface area contributed by atoms with Crippen LogP contribution < -0.4 is 5.32 Å². The Kier molecular flexibility index (Phi) is 3.64. The van der Waals surface area contributed by atoms with Gasteiger partial charge in [0.05, 0.1) is 6.54 Å². The van der Waals surface area contributed by atoms with Crippen LogP contribution >= 0.6 is 0 Å². The molecule has 2 rings (SSSR count). The zero-order valence-corrected chi connectivity index (χ0v) is 9.52. The number of aromatic nitrogens is 1. The van der Waals surface area contributed by atoms with E-state index in [9.17, 15) is 4.79 Å². The van der Waals surface area contributed by atoms with Crippen molar-refractivity contribution >= 4 is 5.78 Å². The molecule has 0 radical (unpaired) electrons. The molecule has 16 heavy (non-hydrogen) atoms. The molecule has 0 unspecified atom stereocenters. The van der Waals surface area contributed by atoms with Crippen molar-refractivity contribution in [2.45, 2.75) is 13.0 Å². The summed E-state index contributed by atoms with van der Waals surface area (Å²) in [6.45, 7) is 5.43. The predicted molar refractivity (Wildman–Crippen MR) is 62.5 cm³/mol. The molecule has 0 saturated carbocycles. The fourth-order valence-electron chi connectivity index (χ4n) is 1.97. The van der Waals surface area contributed by atoms with Crippen LogP contribution in [0, 0.1) is 0 Å². The largest absolute Gasteiger partial charge is 0.312 e. The Morgan fingerprint density at radius 3 is 3.19 bits per heavy atom. The number of ketones is 1. The van der Waals surface area contributed by atoms with Crippen LogP contribution in [-0.2, 0) is 0 Å².